The lowest BCUT2D eigenvalue weighted by atomic mass is 10.1. The molecule has 0 unspecified atom stereocenters. The van der Waals surface area contributed by atoms with Crippen molar-refractivity contribution in [1.29, 1.82) is 5.26 Å². The zero-order valence-corrected chi connectivity index (χ0v) is 12.4. The Morgan fingerprint density at radius 2 is 1.82 bits per heavy atom. The van der Waals surface area contributed by atoms with Crippen molar-refractivity contribution >= 4 is 16.6 Å². The number of nitriles is 1. The van der Waals surface area contributed by atoms with Gasteiger partial charge in [0.1, 0.15) is 17.3 Å². The van der Waals surface area contributed by atoms with Crippen LogP contribution in [0.15, 0.2) is 54.7 Å². The van der Waals surface area contributed by atoms with E-state index < -0.39 is 0 Å². The third-order valence-corrected chi connectivity index (χ3v) is 3.37. The van der Waals surface area contributed by atoms with E-state index in [0.717, 1.165) is 22.3 Å². The maximum absolute atomic E-state index is 9.28. The summed E-state index contributed by atoms with van der Waals surface area (Å²) in [5, 5.41) is 10.2. The first kappa shape index (κ1) is 13.9. The van der Waals surface area contributed by atoms with Crippen LogP contribution in [0.25, 0.3) is 10.9 Å². The molecule has 4 heteroatoms. The van der Waals surface area contributed by atoms with Crippen molar-refractivity contribution in [3.63, 3.8) is 0 Å². The summed E-state index contributed by atoms with van der Waals surface area (Å²) < 4.78 is 5.94. The number of rotatable bonds is 3. The smallest absolute Gasteiger partial charge is 0.153 e. The lowest BCUT2D eigenvalue weighted by molar-refractivity contribution is 0.487. The summed E-state index contributed by atoms with van der Waals surface area (Å²) in [5.74, 6) is 1.43. The molecule has 0 amide bonds. The zero-order chi connectivity index (χ0) is 15.5. The average Bonchev–Trinajstić information content (AvgIpc) is 2.54. The molecule has 22 heavy (non-hydrogen) atoms. The van der Waals surface area contributed by atoms with Gasteiger partial charge in [-0.15, -0.1) is 0 Å². The van der Waals surface area contributed by atoms with Crippen molar-refractivity contribution in [2.45, 2.75) is 0 Å². The van der Waals surface area contributed by atoms with Crippen molar-refractivity contribution in [2.75, 3.05) is 19.0 Å². The number of ether oxygens (including phenoxy) is 1. The summed E-state index contributed by atoms with van der Waals surface area (Å²) in [4.78, 5) is 6.34. The molecule has 0 radical (unpaired) electrons. The van der Waals surface area contributed by atoms with E-state index in [1.54, 1.807) is 6.20 Å². The van der Waals surface area contributed by atoms with Crippen LogP contribution >= 0.6 is 0 Å². The molecular weight excluding hydrogens is 274 g/mol. The van der Waals surface area contributed by atoms with Gasteiger partial charge in [0, 0.05) is 25.7 Å². The van der Waals surface area contributed by atoms with E-state index in [4.69, 9.17) is 4.74 Å². The maximum atomic E-state index is 9.28. The largest absolute Gasteiger partial charge is 0.455 e. The average molecular weight is 289 g/mol. The Labute approximate surface area is 129 Å². The van der Waals surface area contributed by atoms with Crippen molar-refractivity contribution in [1.82, 2.24) is 4.98 Å². The molecule has 0 spiro atoms. The molecule has 4 nitrogen and oxygen atoms in total. The second-order valence-electron chi connectivity index (χ2n) is 5.09. The quantitative estimate of drug-likeness (QED) is 0.732. The molecule has 0 N–H and O–H groups in total. The number of para-hydroxylation sites is 2. The molecule has 2 aromatic carbocycles. The van der Waals surface area contributed by atoms with Crippen LogP contribution in [0.1, 0.15) is 5.56 Å². The van der Waals surface area contributed by atoms with E-state index >= 15 is 0 Å². The van der Waals surface area contributed by atoms with Crippen LogP contribution in [0, 0.1) is 11.3 Å². The van der Waals surface area contributed by atoms with Gasteiger partial charge in [-0.1, -0.05) is 30.3 Å². The van der Waals surface area contributed by atoms with E-state index in [2.05, 4.69) is 11.1 Å². The molecule has 0 saturated carbocycles. The fourth-order valence-electron chi connectivity index (χ4n) is 2.44. The molecular formula is C18H15N3O. The monoisotopic (exact) mass is 289 g/mol. The Bertz CT molecular complexity index is 851. The van der Waals surface area contributed by atoms with Crippen LogP contribution in [0.5, 0.6) is 11.5 Å². The summed E-state index contributed by atoms with van der Waals surface area (Å²) in [5.41, 5.74) is 2.15. The molecule has 3 aromatic rings. The normalized spacial score (nSPS) is 10.2. The molecule has 0 bridgehead atoms. The first-order chi connectivity index (χ1) is 10.7. The van der Waals surface area contributed by atoms with Crippen molar-refractivity contribution < 1.29 is 4.74 Å². The third-order valence-electron chi connectivity index (χ3n) is 3.37. The van der Waals surface area contributed by atoms with Crippen LogP contribution in [-0.4, -0.2) is 19.1 Å². The van der Waals surface area contributed by atoms with Gasteiger partial charge in [-0.3, -0.25) is 4.98 Å². The third kappa shape index (κ3) is 2.45. The standard InChI is InChI=1S/C18H15N3O/c1-21(2)18-13(11-19)12-20-17-15(18)9-6-10-16(17)22-14-7-4-3-5-8-14/h3-10,12H,1-2H3. The number of fused-ring (bicyclic) bond motifs is 1. The molecule has 0 saturated heterocycles. The van der Waals surface area contributed by atoms with Crippen LogP contribution in [0.2, 0.25) is 0 Å². The van der Waals surface area contributed by atoms with Gasteiger partial charge in [-0.05, 0) is 18.2 Å². The van der Waals surface area contributed by atoms with Gasteiger partial charge in [-0.25, -0.2) is 0 Å². The molecule has 1 aromatic heterocycles. The summed E-state index contributed by atoms with van der Waals surface area (Å²) in [6.45, 7) is 0. The first-order valence-electron chi connectivity index (χ1n) is 6.93. The van der Waals surface area contributed by atoms with Gasteiger partial charge >= 0.3 is 0 Å². The van der Waals surface area contributed by atoms with E-state index in [1.165, 1.54) is 0 Å². The molecule has 0 aliphatic carbocycles. The summed E-state index contributed by atoms with van der Waals surface area (Å²) in [6, 6.07) is 17.5. The van der Waals surface area contributed by atoms with E-state index in [-0.39, 0.29) is 0 Å². The van der Waals surface area contributed by atoms with Gasteiger partial charge in [0.05, 0.1) is 11.3 Å². The molecule has 0 fully saturated rings. The molecule has 1 heterocycles. The number of hydrogen-bond acceptors (Lipinski definition) is 4. The van der Waals surface area contributed by atoms with E-state index in [9.17, 15) is 5.26 Å². The number of hydrogen-bond donors (Lipinski definition) is 0. The summed E-state index contributed by atoms with van der Waals surface area (Å²) in [6.07, 6.45) is 1.59. The van der Waals surface area contributed by atoms with Gasteiger partial charge in [0.25, 0.3) is 0 Å². The highest BCUT2D eigenvalue weighted by molar-refractivity contribution is 5.97. The fourth-order valence-corrected chi connectivity index (χ4v) is 2.44. The minimum Gasteiger partial charge on any atom is -0.455 e. The van der Waals surface area contributed by atoms with Crippen molar-refractivity contribution in [3.05, 3.63) is 60.3 Å². The van der Waals surface area contributed by atoms with Crippen molar-refractivity contribution in [2.24, 2.45) is 0 Å². The molecule has 108 valence electrons. The first-order valence-corrected chi connectivity index (χ1v) is 6.93. The Morgan fingerprint density at radius 3 is 2.50 bits per heavy atom. The number of benzene rings is 2. The number of anilines is 1. The Morgan fingerprint density at radius 1 is 1.05 bits per heavy atom. The fraction of sp³-hybridized carbons (Fsp3) is 0.111. The van der Waals surface area contributed by atoms with E-state index in [1.807, 2.05) is 67.5 Å². The summed E-state index contributed by atoms with van der Waals surface area (Å²) >= 11 is 0. The summed E-state index contributed by atoms with van der Waals surface area (Å²) in [7, 11) is 3.83. The van der Waals surface area contributed by atoms with Gasteiger partial charge in [-0.2, -0.15) is 5.26 Å². The highest BCUT2D eigenvalue weighted by Crippen LogP contribution is 2.34. The topological polar surface area (TPSA) is 49.2 Å². The second kappa shape index (κ2) is 5.74. The lowest BCUT2D eigenvalue weighted by Crippen LogP contribution is -2.11. The zero-order valence-electron chi connectivity index (χ0n) is 12.4. The molecule has 0 atom stereocenters. The Kier molecular flexibility index (Phi) is 3.63. The molecule has 0 aliphatic heterocycles. The van der Waals surface area contributed by atoms with Gasteiger partial charge in [0.15, 0.2) is 5.75 Å². The molecule has 3 rings (SSSR count). The van der Waals surface area contributed by atoms with E-state index in [0.29, 0.717) is 11.3 Å². The van der Waals surface area contributed by atoms with Gasteiger partial charge in [0.2, 0.25) is 0 Å². The van der Waals surface area contributed by atoms with Gasteiger partial charge < -0.3 is 9.64 Å². The highest BCUT2D eigenvalue weighted by Gasteiger charge is 2.13. The number of nitrogens with zero attached hydrogens (tertiary/aromatic N) is 3. The Balaban J connectivity index is 2.18. The SMILES string of the molecule is CN(C)c1c(C#N)cnc2c(Oc3ccccc3)cccc12. The minimum absolute atomic E-state index is 0.550. The number of pyridine rings is 1. The Hall–Kier alpha value is -3.06. The lowest BCUT2D eigenvalue weighted by Gasteiger charge is -2.18. The highest BCUT2D eigenvalue weighted by atomic mass is 16.5. The predicted octanol–water partition coefficient (Wildman–Crippen LogP) is 3.96. The molecule has 0 aliphatic rings. The number of aromatic nitrogens is 1. The van der Waals surface area contributed by atoms with Crippen molar-refractivity contribution in [3.8, 4) is 17.6 Å². The van der Waals surface area contributed by atoms with Crippen LogP contribution in [-0.2, 0) is 0 Å². The minimum atomic E-state index is 0.550. The van der Waals surface area contributed by atoms with Crippen LogP contribution in [0.4, 0.5) is 5.69 Å². The van der Waals surface area contributed by atoms with Crippen LogP contribution < -0.4 is 9.64 Å². The maximum Gasteiger partial charge on any atom is 0.153 e. The second-order valence-corrected chi connectivity index (χ2v) is 5.09. The predicted molar refractivity (Wildman–Crippen MR) is 87.3 cm³/mol. The van der Waals surface area contributed by atoms with Crippen LogP contribution in [0.3, 0.4) is 0 Å².